The van der Waals surface area contributed by atoms with Crippen molar-refractivity contribution in [3.8, 4) is 11.4 Å². The van der Waals surface area contributed by atoms with Crippen LogP contribution >= 0.6 is 19.2 Å². The molecule has 0 spiro atoms. The van der Waals surface area contributed by atoms with Crippen molar-refractivity contribution in [1.29, 1.82) is 0 Å². The summed E-state index contributed by atoms with van der Waals surface area (Å²) >= 11 is 6.08. The van der Waals surface area contributed by atoms with Gasteiger partial charge >= 0.3 is 7.60 Å². The van der Waals surface area contributed by atoms with Crippen LogP contribution in [0.2, 0.25) is 5.02 Å². The highest BCUT2D eigenvalue weighted by molar-refractivity contribution is 7.60. The molecule has 6 nitrogen and oxygen atoms in total. The van der Waals surface area contributed by atoms with Gasteiger partial charge in [-0.15, -0.1) is 0 Å². The molecule has 1 aromatic carbocycles. The Morgan fingerprint density at radius 3 is 2.74 bits per heavy atom. The maximum Gasteiger partial charge on any atom is 0.391 e. The molecule has 0 aliphatic carbocycles. The fourth-order valence-electron chi connectivity index (χ4n) is 2.55. The summed E-state index contributed by atoms with van der Waals surface area (Å²) in [5.74, 6) is 0.776. The lowest BCUT2D eigenvalue weighted by Crippen LogP contribution is -2.10. The molecule has 0 unspecified atom stereocenters. The molecule has 0 saturated heterocycles. The summed E-state index contributed by atoms with van der Waals surface area (Å²) in [4.78, 5) is 23.5. The lowest BCUT2D eigenvalue weighted by molar-refractivity contribution is 0.376. The summed E-state index contributed by atoms with van der Waals surface area (Å²) in [5.41, 5.74) is 1.46. The molecule has 2 aromatic heterocycles. The van der Waals surface area contributed by atoms with E-state index in [9.17, 15) is 14.4 Å². The van der Waals surface area contributed by atoms with Crippen molar-refractivity contribution >= 4 is 35.7 Å². The smallest absolute Gasteiger partial charge is 0.391 e. The van der Waals surface area contributed by atoms with Crippen LogP contribution in [0.3, 0.4) is 0 Å². The third-order valence-corrected chi connectivity index (χ3v) is 4.52. The molecule has 2 N–H and O–H groups in total. The standard InChI is InChI=1S/C15H16ClN2O4P/c1-9(2)8-18-13-7-10(16)3-4-12(13)17-14(18)11-5-6-22-15(11)23(19,20)21/h3-7,9H,8H2,1-2H3,(H2,19,20,21). The summed E-state index contributed by atoms with van der Waals surface area (Å²) in [6.45, 7) is 4.75. The minimum absolute atomic E-state index is 0.298. The number of nitrogens with zero attached hydrogens (tertiary/aromatic N) is 2. The fraction of sp³-hybridized carbons (Fsp3) is 0.267. The number of benzene rings is 1. The largest absolute Gasteiger partial charge is 0.456 e. The molecule has 122 valence electrons. The number of hydrogen-bond acceptors (Lipinski definition) is 3. The first kappa shape index (κ1) is 16.3. The molecule has 0 amide bonds. The molecular formula is C15H16ClN2O4P. The van der Waals surface area contributed by atoms with Crippen LogP contribution < -0.4 is 5.50 Å². The van der Waals surface area contributed by atoms with Gasteiger partial charge in [0.1, 0.15) is 5.82 Å². The Hall–Kier alpha value is -1.59. The van der Waals surface area contributed by atoms with Gasteiger partial charge in [-0.2, -0.15) is 0 Å². The van der Waals surface area contributed by atoms with Gasteiger partial charge in [0.25, 0.3) is 0 Å². The quantitative estimate of drug-likeness (QED) is 0.701. The van der Waals surface area contributed by atoms with Gasteiger partial charge in [0.2, 0.25) is 5.50 Å². The molecule has 0 aliphatic heterocycles. The third-order valence-electron chi connectivity index (χ3n) is 3.41. The number of rotatable bonds is 4. The average molecular weight is 355 g/mol. The summed E-state index contributed by atoms with van der Waals surface area (Å²) in [5, 5.41) is 0.580. The van der Waals surface area contributed by atoms with Crippen LogP contribution in [0.1, 0.15) is 13.8 Å². The van der Waals surface area contributed by atoms with Crippen molar-refractivity contribution in [2.24, 2.45) is 5.92 Å². The summed E-state index contributed by atoms with van der Waals surface area (Å²) in [6, 6.07) is 6.84. The summed E-state index contributed by atoms with van der Waals surface area (Å²) < 4.78 is 18.6. The van der Waals surface area contributed by atoms with Gasteiger partial charge in [-0.3, -0.25) is 4.57 Å². The van der Waals surface area contributed by atoms with Crippen molar-refractivity contribution in [3.05, 3.63) is 35.6 Å². The normalized spacial score (nSPS) is 12.4. The maximum atomic E-state index is 11.6. The number of aromatic nitrogens is 2. The monoisotopic (exact) mass is 354 g/mol. The zero-order valence-electron chi connectivity index (χ0n) is 12.6. The predicted octanol–water partition coefficient (Wildman–Crippen LogP) is 3.41. The van der Waals surface area contributed by atoms with Gasteiger partial charge in [0, 0.05) is 11.6 Å². The van der Waals surface area contributed by atoms with E-state index in [-0.39, 0.29) is 5.50 Å². The van der Waals surface area contributed by atoms with Gasteiger partial charge in [-0.25, -0.2) is 4.98 Å². The zero-order valence-corrected chi connectivity index (χ0v) is 14.3. The number of imidazole rings is 1. The number of furan rings is 1. The Kier molecular flexibility index (Phi) is 4.10. The maximum absolute atomic E-state index is 11.6. The lowest BCUT2D eigenvalue weighted by Gasteiger charge is -2.12. The van der Waals surface area contributed by atoms with Crippen LogP contribution in [0.5, 0.6) is 0 Å². The number of halogens is 1. The SMILES string of the molecule is CC(C)Cn1c(-c2ccoc2P(=O)(O)O)nc2ccc(Cl)cc21. The Balaban J connectivity index is 2.29. The number of fused-ring (bicyclic) bond motifs is 1. The molecule has 23 heavy (non-hydrogen) atoms. The van der Waals surface area contributed by atoms with E-state index in [1.54, 1.807) is 18.2 Å². The predicted molar refractivity (Wildman–Crippen MR) is 89.0 cm³/mol. The molecule has 0 atom stereocenters. The van der Waals surface area contributed by atoms with Gasteiger partial charge in [-0.05, 0) is 30.2 Å². The van der Waals surface area contributed by atoms with Crippen molar-refractivity contribution in [2.75, 3.05) is 0 Å². The van der Waals surface area contributed by atoms with Crippen LogP contribution in [0.4, 0.5) is 0 Å². The van der Waals surface area contributed by atoms with Crippen molar-refractivity contribution in [1.82, 2.24) is 9.55 Å². The van der Waals surface area contributed by atoms with Crippen LogP contribution in [0.25, 0.3) is 22.4 Å². The topological polar surface area (TPSA) is 88.5 Å². The van der Waals surface area contributed by atoms with Crippen molar-refractivity contribution in [2.45, 2.75) is 20.4 Å². The minimum atomic E-state index is -4.53. The highest BCUT2D eigenvalue weighted by atomic mass is 35.5. The van der Waals surface area contributed by atoms with E-state index < -0.39 is 7.60 Å². The second-order valence-corrected chi connectivity index (χ2v) is 7.69. The van der Waals surface area contributed by atoms with Gasteiger partial charge in [0.15, 0.2) is 0 Å². The molecule has 3 rings (SSSR count). The molecule has 3 aromatic rings. The van der Waals surface area contributed by atoms with E-state index >= 15 is 0 Å². The second kappa shape index (κ2) is 5.80. The summed E-state index contributed by atoms with van der Waals surface area (Å²) in [6.07, 6.45) is 1.26. The first-order valence-corrected chi connectivity index (χ1v) is 9.06. The van der Waals surface area contributed by atoms with Gasteiger partial charge in [0.05, 0.1) is 22.9 Å². The highest BCUT2D eigenvalue weighted by Gasteiger charge is 2.29. The second-order valence-electron chi connectivity index (χ2n) is 5.76. The molecule has 0 saturated carbocycles. The average Bonchev–Trinajstić information content (AvgIpc) is 3.03. The first-order valence-electron chi connectivity index (χ1n) is 7.07. The fourth-order valence-corrected chi connectivity index (χ4v) is 3.40. The van der Waals surface area contributed by atoms with Crippen LogP contribution in [0.15, 0.2) is 34.9 Å². The van der Waals surface area contributed by atoms with E-state index in [4.69, 9.17) is 16.0 Å². The number of hydrogen-bond donors (Lipinski definition) is 2. The van der Waals surface area contributed by atoms with Gasteiger partial charge < -0.3 is 18.8 Å². The Morgan fingerprint density at radius 1 is 1.35 bits per heavy atom. The molecule has 0 fully saturated rings. The van der Waals surface area contributed by atoms with Crippen molar-refractivity contribution in [3.63, 3.8) is 0 Å². The van der Waals surface area contributed by atoms with Crippen LogP contribution in [0, 0.1) is 5.92 Å². The van der Waals surface area contributed by atoms with E-state index in [1.165, 1.54) is 12.3 Å². The Morgan fingerprint density at radius 2 is 2.09 bits per heavy atom. The lowest BCUT2D eigenvalue weighted by atomic mass is 10.2. The molecular weight excluding hydrogens is 339 g/mol. The Bertz CT molecular complexity index is 909. The van der Waals surface area contributed by atoms with E-state index in [0.29, 0.717) is 34.4 Å². The molecule has 2 heterocycles. The van der Waals surface area contributed by atoms with E-state index in [0.717, 1.165) is 5.52 Å². The molecule has 8 heteroatoms. The molecule has 0 bridgehead atoms. The van der Waals surface area contributed by atoms with Gasteiger partial charge in [-0.1, -0.05) is 25.4 Å². The third kappa shape index (κ3) is 3.08. The molecule has 0 aliphatic rings. The minimum Gasteiger partial charge on any atom is -0.456 e. The summed E-state index contributed by atoms with van der Waals surface area (Å²) in [7, 11) is -4.53. The highest BCUT2D eigenvalue weighted by Crippen LogP contribution is 2.39. The van der Waals surface area contributed by atoms with E-state index in [2.05, 4.69) is 18.8 Å². The zero-order chi connectivity index (χ0) is 16.8. The van der Waals surface area contributed by atoms with E-state index in [1.807, 2.05) is 4.57 Å². The first-order chi connectivity index (χ1) is 10.8. The molecule has 0 radical (unpaired) electrons. The Labute approximate surface area is 137 Å². The van der Waals surface area contributed by atoms with Crippen LogP contribution in [-0.4, -0.2) is 19.3 Å². The van der Waals surface area contributed by atoms with Crippen LogP contribution in [-0.2, 0) is 11.1 Å². The van der Waals surface area contributed by atoms with Crippen molar-refractivity contribution < 1.29 is 18.8 Å².